The Bertz CT molecular complexity index is 1540. The largest absolute Gasteiger partial charge is 0.338 e. The van der Waals surface area contributed by atoms with E-state index in [1.54, 1.807) is 30.3 Å². The summed E-state index contributed by atoms with van der Waals surface area (Å²) >= 11 is 0. The lowest BCUT2D eigenvalue weighted by molar-refractivity contribution is -0.148. The standard InChI is InChI=1S/C31H26N2O5/c34-26-18-21-32(30(36)33(26)29(35)24-14-8-3-9-15-24)25-16-19-31(20-17-25)37-27(22-10-4-1-5-11-22)28(38-31)23-12-6-2-7-13-23/h1-16,18-19,21,25,27-28H,17,20H2/t25-,27+,28+/m0/s1. The molecule has 4 aromatic rings. The summed E-state index contributed by atoms with van der Waals surface area (Å²) in [7, 11) is 0. The number of allylic oxidation sites excluding steroid dienone is 1. The molecule has 1 aromatic heterocycles. The summed E-state index contributed by atoms with van der Waals surface area (Å²) in [6.07, 6.45) is 5.60. The summed E-state index contributed by atoms with van der Waals surface area (Å²) in [5.74, 6) is -1.60. The Morgan fingerprint density at radius 3 is 1.84 bits per heavy atom. The van der Waals surface area contributed by atoms with E-state index < -0.39 is 22.9 Å². The van der Waals surface area contributed by atoms with Crippen molar-refractivity contribution in [3.05, 3.63) is 153 Å². The van der Waals surface area contributed by atoms with E-state index in [-0.39, 0.29) is 23.8 Å². The molecule has 0 unspecified atom stereocenters. The molecule has 3 atom stereocenters. The molecule has 1 aliphatic carbocycles. The normalized spacial score (nSPS) is 21.9. The van der Waals surface area contributed by atoms with E-state index in [4.69, 9.17) is 9.47 Å². The summed E-state index contributed by atoms with van der Waals surface area (Å²) in [5.41, 5.74) is 0.993. The van der Waals surface area contributed by atoms with Gasteiger partial charge >= 0.3 is 5.69 Å². The highest BCUT2D eigenvalue weighted by atomic mass is 16.8. The lowest BCUT2D eigenvalue weighted by atomic mass is 9.97. The molecule has 0 N–H and O–H groups in total. The quantitative estimate of drug-likeness (QED) is 0.371. The second-order valence-corrected chi connectivity index (χ2v) is 9.53. The molecule has 0 radical (unpaired) electrons. The minimum Gasteiger partial charge on any atom is -0.335 e. The van der Waals surface area contributed by atoms with Crippen molar-refractivity contribution >= 4 is 5.91 Å². The van der Waals surface area contributed by atoms with Gasteiger partial charge in [-0.2, -0.15) is 4.57 Å². The van der Waals surface area contributed by atoms with E-state index in [1.165, 1.54) is 16.8 Å². The predicted octanol–water partition coefficient (Wildman–Crippen LogP) is 4.82. The summed E-state index contributed by atoms with van der Waals surface area (Å²) in [4.78, 5) is 38.8. The fraction of sp³-hybridized carbons (Fsp3) is 0.194. The van der Waals surface area contributed by atoms with Crippen LogP contribution in [-0.4, -0.2) is 20.8 Å². The number of benzene rings is 3. The van der Waals surface area contributed by atoms with Gasteiger partial charge in [0.15, 0.2) is 5.79 Å². The highest BCUT2D eigenvalue weighted by Gasteiger charge is 2.48. The molecule has 2 heterocycles. The minimum atomic E-state index is -0.949. The van der Waals surface area contributed by atoms with Gasteiger partial charge in [0.2, 0.25) is 0 Å². The van der Waals surface area contributed by atoms with Crippen LogP contribution in [0.3, 0.4) is 0 Å². The Kier molecular flexibility index (Phi) is 6.23. The van der Waals surface area contributed by atoms with Crippen molar-refractivity contribution in [2.75, 3.05) is 0 Å². The topological polar surface area (TPSA) is 79.5 Å². The maximum atomic E-state index is 13.3. The maximum absolute atomic E-state index is 13.3. The number of carbonyl (C=O) groups excluding carboxylic acids is 1. The van der Waals surface area contributed by atoms with Crippen LogP contribution in [0.4, 0.5) is 0 Å². The molecule has 0 bridgehead atoms. The zero-order chi connectivity index (χ0) is 26.1. The van der Waals surface area contributed by atoms with Crippen LogP contribution in [-0.2, 0) is 9.47 Å². The predicted molar refractivity (Wildman–Crippen MR) is 142 cm³/mol. The number of hydrogen-bond acceptors (Lipinski definition) is 5. The van der Waals surface area contributed by atoms with Gasteiger partial charge in [-0.05, 0) is 35.8 Å². The number of rotatable bonds is 4. The molecule has 1 fully saturated rings. The highest BCUT2D eigenvalue weighted by Crippen LogP contribution is 2.51. The number of carbonyl (C=O) groups is 1. The Hall–Kier alpha value is -4.33. The number of aromatic nitrogens is 2. The molecule has 0 saturated carbocycles. The first-order chi connectivity index (χ1) is 18.5. The fourth-order valence-corrected chi connectivity index (χ4v) is 5.21. The smallest absolute Gasteiger partial charge is 0.335 e. The van der Waals surface area contributed by atoms with Gasteiger partial charge in [0.05, 0.1) is 6.04 Å². The lowest BCUT2D eigenvalue weighted by Crippen LogP contribution is -2.44. The number of hydrogen-bond donors (Lipinski definition) is 0. The van der Waals surface area contributed by atoms with Gasteiger partial charge in [-0.15, -0.1) is 0 Å². The fourth-order valence-electron chi connectivity index (χ4n) is 5.21. The third-order valence-corrected chi connectivity index (χ3v) is 7.14. The summed E-state index contributed by atoms with van der Waals surface area (Å²) < 4.78 is 15.3. The van der Waals surface area contributed by atoms with Crippen LogP contribution in [0.15, 0.2) is 125 Å². The van der Waals surface area contributed by atoms with Crippen molar-refractivity contribution in [1.82, 2.24) is 9.13 Å². The Labute approximate surface area is 219 Å². The average Bonchev–Trinajstić information content (AvgIpc) is 3.34. The van der Waals surface area contributed by atoms with Crippen molar-refractivity contribution in [2.24, 2.45) is 0 Å². The molecule has 190 valence electrons. The molecule has 7 heteroatoms. The van der Waals surface area contributed by atoms with Gasteiger partial charge < -0.3 is 9.47 Å². The molecule has 7 nitrogen and oxygen atoms in total. The molecule has 0 amide bonds. The van der Waals surface area contributed by atoms with E-state index >= 15 is 0 Å². The van der Waals surface area contributed by atoms with Crippen molar-refractivity contribution in [1.29, 1.82) is 0 Å². The molecular formula is C31H26N2O5. The van der Waals surface area contributed by atoms with Gasteiger partial charge in [0.25, 0.3) is 11.5 Å². The summed E-state index contributed by atoms with van der Waals surface area (Å²) in [5, 5.41) is 0. The first-order valence-corrected chi connectivity index (χ1v) is 12.6. The van der Waals surface area contributed by atoms with Crippen molar-refractivity contribution < 1.29 is 14.3 Å². The first-order valence-electron chi connectivity index (χ1n) is 12.6. The third kappa shape index (κ3) is 4.36. The van der Waals surface area contributed by atoms with Gasteiger partial charge in [0.1, 0.15) is 12.2 Å². The SMILES string of the molecule is O=C(c1ccccc1)n1c(=O)ccn([C@H]2C=CC3(CC2)O[C@H](c2ccccc2)[C@@H](c2ccccc2)O3)c1=O. The van der Waals surface area contributed by atoms with E-state index in [1.807, 2.05) is 72.8 Å². The maximum Gasteiger partial charge on any atom is 0.338 e. The molecule has 6 rings (SSSR count). The van der Waals surface area contributed by atoms with Gasteiger partial charge in [-0.3, -0.25) is 14.2 Å². The van der Waals surface area contributed by atoms with Gasteiger partial charge in [0, 0.05) is 24.2 Å². The lowest BCUT2D eigenvalue weighted by Gasteiger charge is -2.31. The average molecular weight is 507 g/mol. The first kappa shape index (κ1) is 24.0. The molecule has 1 aliphatic heterocycles. The van der Waals surface area contributed by atoms with Crippen molar-refractivity contribution in [3.8, 4) is 0 Å². The minimum absolute atomic E-state index is 0.272. The molecule has 3 aromatic carbocycles. The van der Waals surface area contributed by atoms with E-state index in [0.717, 1.165) is 11.1 Å². The van der Waals surface area contributed by atoms with Crippen LogP contribution in [0.25, 0.3) is 0 Å². The summed E-state index contributed by atoms with van der Waals surface area (Å²) in [6.45, 7) is 0. The van der Waals surface area contributed by atoms with Crippen LogP contribution in [0.2, 0.25) is 0 Å². The van der Waals surface area contributed by atoms with E-state index in [2.05, 4.69) is 0 Å². The molecule has 1 spiro atoms. The van der Waals surface area contributed by atoms with E-state index in [0.29, 0.717) is 17.4 Å². The second-order valence-electron chi connectivity index (χ2n) is 9.53. The molecule has 38 heavy (non-hydrogen) atoms. The third-order valence-electron chi connectivity index (χ3n) is 7.14. The highest BCUT2D eigenvalue weighted by molar-refractivity contribution is 5.95. The zero-order valence-corrected chi connectivity index (χ0v) is 20.6. The second kappa shape index (κ2) is 9.85. The number of ether oxygens (including phenoxy) is 2. The Morgan fingerprint density at radius 2 is 1.32 bits per heavy atom. The van der Waals surface area contributed by atoms with Crippen molar-refractivity contribution in [3.63, 3.8) is 0 Å². The monoisotopic (exact) mass is 506 g/mol. The number of nitrogens with zero attached hydrogens (tertiary/aromatic N) is 2. The van der Waals surface area contributed by atoms with Crippen molar-refractivity contribution in [2.45, 2.75) is 36.9 Å². The van der Waals surface area contributed by atoms with E-state index in [9.17, 15) is 14.4 Å². The molecule has 2 aliphatic rings. The van der Waals surface area contributed by atoms with Crippen LogP contribution >= 0.6 is 0 Å². The van der Waals surface area contributed by atoms with Crippen LogP contribution in [0.1, 0.15) is 52.6 Å². The van der Waals surface area contributed by atoms with Gasteiger partial charge in [-0.25, -0.2) is 4.79 Å². The Balaban J connectivity index is 1.31. The molecular weight excluding hydrogens is 480 g/mol. The van der Waals surface area contributed by atoms with Crippen LogP contribution in [0.5, 0.6) is 0 Å². The Morgan fingerprint density at radius 1 is 0.763 bits per heavy atom. The van der Waals surface area contributed by atoms with Crippen LogP contribution in [0, 0.1) is 0 Å². The molecule has 1 saturated heterocycles. The zero-order valence-electron chi connectivity index (χ0n) is 20.6. The van der Waals surface area contributed by atoms with Crippen LogP contribution < -0.4 is 11.2 Å². The summed E-state index contributed by atoms with van der Waals surface area (Å²) in [6, 6.07) is 29.2. The van der Waals surface area contributed by atoms with Gasteiger partial charge in [-0.1, -0.05) is 84.9 Å².